The third kappa shape index (κ3) is 5.56. The van der Waals surface area contributed by atoms with Gasteiger partial charge in [0.1, 0.15) is 9.88 Å². The van der Waals surface area contributed by atoms with Gasteiger partial charge in [0.15, 0.2) is 0 Å². The van der Waals surface area contributed by atoms with Crippen LogP contribution in [-0.4, -0.2) is 31.2 Å². The molecule has 0 fully saturated rings. The average molecular weight is 404 g/mol. The van der Waals surface area contributed by atoms with Crippen LogP contribution >= 0.6 is 11.3 Å². The predicted molar refractivity (Wildman–Crippen MR) is 109 cm³/mol. The van der Waals surface area contributed by atoms with Gasteiger partial charge in [-0.15, -0.1) is 11.3 Å². The maximum Gasteiger partial charge on any atom is 0.348 e. The van der Waals surface area contributed by atoms with Crippen molar-refractivity contribution in [3.63, 3.8) is 0 Å². The minimum absolute atomic E-state index is 0.159. The lowest BCUT2D eigenvalue weighted by atomic mass is 10.1. The maximum absolute atomic E-state index is 12.4. The third-order valence-corrected chi connectivity index (χ3v) is 4.81. The van der Waals surface area contributed by atoms with E-state index in [0.29, 0.717) is 11.3 Å². The highest BCUT2D eigenvalue weighted by Crippen LogP contribution is 2.34. The Morgan fingerprint density at radius 2 is 1.71 bits per heavy atom. The Morgan fingerprint density at radius 3 is 2.32 bits per heavy atom. The number of anilines is 2. The van der Waals surface area contributed by atoms with E-state index >= 15 is 0 Å². The minimum Gasteiger partial charge on any atom is -0.462 e. The topological polar surface area (TPSA) is 93.7 Å². The Labute approximate surface area is 168 Å². The number of amides is 2. The third-order valence-electron chi connectivity index (χ3n) is 3.62. The lowest BCUT2D eigenvalue weighted by Crippen LogP contribution is -2.20. The molecule has 2 N–H and O–H groups in total. The van der Waals surface area contributed by atoms with E-state index in [-0.39, 0.29) is 34.6 Å². The fraction of sp³-hybridized carbons (Fsp3) is 0.350. The van der Waals surface area contributed by atoms with Crippen molar-refractivity contribution in [1.82, 2.24) is 0 Å². The van der Waals surface area contributed by atoms with Crippen molar-refractivity contribution in [3.05, 3.63) is 46.3 Å². The quantitative estimate of drug-likeness (QED) is 0.653. The number of carbonyl (C=O) groups is 3. The van der Waals surface area contributed by atoms with Crippen molar-refractivity contribution in [1.29, 1.82) is 0 Å². The first-order valence-electron chi connectivity index (χ1n) is 8.94. The van der Waals surface area contributed by atoms with Crippen LogP contribution in [0.4, 0.5) is 15.5 Å². The molecule has 2 aromatic rings. The zero-order valence-electron chi connectivity index (χ0n) is 16.3. The minimum atomic E-state index is -0.603. The monoisotopic (exact) mass is 404 g/mol. The van der Waals surface area contributed by atoms with E-state index in [0.717, 1.165) is 11.3 Å². The molecule has 8 heteroatoms. The molecule has 2 amide bonds. The zero-order chi connectivity index (χ0) is 20.7. The summed E-state index contributed by atoms with van der Waals surface area (Å²) in [7, 11) is 0. The molecule has 0 saturated heterocycles. The van der Waals surface area contributed by atoms with Crippen molar-refractivity contribution in [2.75, 3.05) is 23.8 Å². The number of benzene rings is 1. The standard InChI is InChI=1S/C20H24N2O5S/c1-5-26-18(23)15-13(4)16(19(24)27-11-12(2)3)28-17(15)22-20(25)21-14-9-7-6-8-10-14/h6-10,12H,5,11H2,1-4H3,(H2,21,22,25). The molecule has 1 heterocycles. The summed E-state index contributed by atoms with van der Waals surface area (Å²) in [5.74, 6) is -0.949. The van der Waals surface area contributed by atoms with Crippen molar-refractivity contribution in [2.45, 2.75) is 27.7 Å². The van der Waals surface area contributed by atoms with Gasteiger partial charge in [0.25, 0.3) is 0 Å². The van der Waals surface area contributed by atoms with E-state index in [1.807, 2.05) is 19.9 Å². The number of nitrogens with one attached hydrogen (secondary N) is 2. The van der Waals surface area contributed by atoms with Crippen LogP contribution in [0.3, 0.4) is 0 Å². The predicted octanol–water partition coefficient (Wildman–Crippen LogP) is 4.69. The van der Waals surface area contributed by atoms with Gasteiger partial charge in [-0.2, -0.15) is 0 Å². The van der Waals surface area contributed by atoms with Gasteiger partial charge >= 0.3 is 18.0 Å². The van der Waals surface area contributed by atoms with E-state index in [2.05, 4.69) is 10.6 Å². The summed E-state index contributed by atoms with van der Waals surface area (Å²) in [6.07, 6.45) is 0. The van der Waals surface area contributed by atoms with Gasteiger partial charge in [-0.1, -0.05) is 32.0 Å². The molecular formula is C20H24N2O5S. The van der Waals surface area contributed by atoms with E-state index in [9.17, 15) is 14.4 Å². The second-order valence-electron chi connectivity index (χ2n) is 6.42. The summed E-state index contributed by atoms with van der Waals surface area (Å²) in [4.78, 5) is 37.4. The van der Waals surface area contributed by atoms with Gasteiger partial charge in [-0.25, -0.2) is 14.4 Å². The SMILES string of the molecule is CCOC(=O)c1c(NC(=O)Nc2ccccc2)sc(C(=O)OCC(C)C)c1C. The number of hydrogen-bond acceptors (Lipinski definition) is 6. The lowest BCUT2D eigenvalue weighted by Gasteiger charge is -2.08. The summed E-state index contributed by atoms with van der Waals surface area (Å²) in [6, 6.07) is 8.36. The number of rotatable bonds is 7. The van der Waals surface area contributed by atoms with Gasteiger partial charge < -0.3 is 14.8 Å². The molecule has 0 bridgehead atoms. The molecule has 0 aliphatic rings. The first kappa shape index (κ1) is 21.4. The van der Waals surface area contributed by atoms with Gasteiger partial charge in [-0.05, 0) is 37.5 Å². The fourth-order valence-corrected chi connectivity index (χ4v) is 3.42. The summed E-state index contributed by atoms with van der Waals surface area (Å²) in [5, 5.41) is 5.55. The molecule has 2 rings (SSSR count). The van der Waals surface area contributed by atoms with E-state index in [1.165, 1.54) is 0 Å². The number of esters is 2. The average Bonchev–Trinajstić information content (AvgIpc) is 2.96. The Bertz CT molecular complexity index is 846. The van der Waals surface area contributed by atoms with Gasteiger partial charge in [0.05, 0.1) is 18.8 Å². The molecule has 0 aliphatic carbocycles. The molecular weight excluding hydrogens is 380 g/mol. The normalized spacial score (nSPS) is 10.5. The Kier molecular flexibility index (Phi) is 7.57. The largest absolute Gasteiger partial charge is 0.462 e. The highest BCUT2D eigenvalue weighted by atomic mass is 32.1. The summed E-state index contributed by atoms with van der Waals surface area (Å²) in [6.45, 7) is 7.62. The molecule has 28 heavy (non-hydrogen) atoms. The first-order valence-corrected chi connectivity index (χ1v) is 9.75. The Hall–Kier alpha value is -2.87. The van der Waals surface area contributed by atoms with Crippen LogP contribution in [0, 0.1) is 12.8 Å². The van der Waals surface area contributed by atoms with Crippen LogP contribution < -0.4 is 10.6 Å². The number of para-hydroxylation sites is 1. The van der Waals surface area contributed by atoms with E-state index in [1.54, 1.807) is 38.1 Å². The molecule has 0 unspecified atom stereocenters. The second-order valence-corrected chi connectivity index (χ2v) is 7.44. The number of hydrogen-bond donors (Lipinski definition) is 2. The number of carbonyl (C=O) groups excluding carboxylic acids is 3. The molecule has 7 nitrogen and oxygen atoms in total. The maximum atomic E-state index is 12.4. The van der Waals surface area contributed by atoms with Gasteiger partial charge in [0.2, 0.25) is 0 Å². The smallest absolute Gasteiger partial charge is 0.348 e. The van der Waals surface area contributed by atoms with Crippen LogP contribution in [-0.2, 0) is 9.47 Å². The number of thiophene rings is 1. The van der Waals surface area contributed by atoms with Crippen LogP contribution in [0.1, 0.15) is 46.4 Å². The van der Waals surface area contributed by atoms with E-state index in [4.69, 9.17) is 9.47 Å². The summed E-state index contributed by atoms with van der Waals surface area (Å²) < 4.78 is 10.4. The highest BCUT2D eigenvalue weighted by molar-refractivity contribution is 7.18. The molecule has 0 spiro atoms. The summed E-state index contributed by atoms with van der Waals surface area (Å²) in [5.41, 5.74) is 1.18. The molecule has 0 saturated carbocycles. The summed E-state index contributed by atoms with van der Waals surface area (Å²) >= 11 is 0.992. The lowest BCUT2D eigenvalue weighted by molar-refractivity contribution is 0.0464. The molecule has 0 aliphatic heterocycles. The molecule has 0 radical (unpaired) electrons. The first-order chi connectivity index (χ1) is 13.3. The second kappa shape index (κ2) is 9.89. The molecule has 150 valence electrons. The van der Waals surface area contributed by atoms with Crippen molar-refractivity contribution >= 4 is 40.0 Å². The van der Waals surface area contributed by atoms with Crippen molar-refractivity contribution in [3.8, 4) is 0 Å². The zero-order valence-corrected chi connectivity index (χ0v) is 17.1. The fourth-order valence-electron chi connectivity index (χ4n) is 2.34. The van der Waals surface area contributed by atoms with Crippen LogP contribution in [0.25, 0.3) is 0 Å². The van der Waals surface area contributed by atoms with Gasteiger partial charge in [-0.3, -0.25) is 5.32 Å². The number of ether oxygens (including phenoxy) is 2. The molecule has 0 atom stereocenters. The van der Waals surface area contributed by atoms with Gasteiger partial charge in [0, 0.05) is 5.69 Å². The van der Waals surface area contributed by atoms with Crippen LogP contribution in [0.15, 0.2) is 30.3 Å². The van der Waals surface area contributed by atoms with Crippen molar-refractivity contribution in [2.24, 2.45) is 5.92 Å². The molecule has 1 aromatic heterocycles. The Morgan fingerprint density at radius 1 is 1.04 bits per heavy atom. The molecule has 1 aromatic carbocycles. The van der Waals surface area contributed by atoms with Crippen LogP contribution in [0.5, 0.6) is 0 Å². The van der Waals surface area contributed by atoms with E-state index < -0.39 is 18.0 Å². The number of urea groups is 1. The highest BCUT2D eigenvalue weighted by Gasteiger charge is 2.27. The van der Waals surface area contributed by atoms with Crippen molar-refractivity contribution < 1.29 is 23.9 Å². The Balaban J connectivity index is 2.27. The van der Waals surface area contributed by atoms with Crippen LogP contribution in [0.2, 0.25) is 0 Å².